The minimum Gasteiger partial charge on any atom is -0.382 e. The molecule has 1 aromatic rings. The van der Waals surface area contributed by atoms with Crippen LogP contribution in [0.2, 0.25) is 0 Å². The van der Waals surface area contributed by atoms with Gasteiger partial charge >= 0.3 is 0 Å². The first kappa shape index (κ1) is 10.9. The van der Waals surface area contributed by atoms with Crippen molar-refractivity contribution in [3.63, 3.8) is 0 Å². The average Bonchev–Trinajstić information content (AvgIpc) is 2.14. The van der Waals surface area contributed by atoms with Crippen LogP contribution in [0.1, 0.15) is 0 Å². The Hall–Kier alpha value is -1.14. The van der Waals surface area contributed by atoms with Crippen LogP contribution in [0.25, 0.3) is 0 Å². The van der Waals surface area contributed by atoms with E-state index >= 15 is 0 Å². The van der Waals surface area contributed by atoms with Gasteiger partial charge < -0.3 is 5.32 Å². The molecular formula is C8H10FNO3S. The summed E-state index contributed by atoms with van der Waals surface area (Å²) in [5.74, 6) is 0. The molecule has 0 radical (unpaired) electrons. The fraction of sp³-hybridized carbons (Fsp3) is 0.250. The van der Waals surface area contributed by atoms with Gasteiger partial charge in [-0.3, -0.25) is 4.55 Å². The Morgan fingerprint density at radius 1 is 1.29 bits per heavy atom. The van der Waals surface area contributed by atoms with Gasteiger partial charge in [-0.15, -0.1) is 0 Å². The predicted octanol–water partition coefficient (Wildman–Crippen LogP) is 1.31. The molecule has 1 rings (SSSR count). The molecule has 1 aromatic carbocycles. The maximum absolute atomic E-state index is 11.7. The Morgan fingerprint density at radius 3 is 2.29 bits per heavy atom. The highest BCUT2D eigenvalue weighted by Gasteiger charge is 2.07. The number of benzene rings is 1. The molecule has 14 heavy (non-hydrogen) atoms. The maximum Gasteiger partial charge on any atom is 0.294 e. The molecule has 0 fully saturated rings. The van der Waals surface area contributed by atoms with Gasteiger partial charge in [0.1, 0.15) is 6.67 Å². The summed E-state index contributed by atoms with van der Waals surface area (Å²) in [4.78, 5) is -0.178. The molecule has 6 heteroatoms. The van der Waals surface area contributed by atoms with Crippen molar-refractivity contribution >= 4 is 15.8 Å². The molecule has 0 saturated heterocycles. The smallest absolute Gasteiger partial charge is 0.294 e. The Morgan fingerprint density at radius 2 is 1.86 bits per heavy atom. The summed E-state index contributed by atoms with van der Waals surface area (Å²) in [5.41, 5.74) is 0.607. The molecule has 4 nitrogen and oxygen atoms in total. The van der Waals surface area contributed by atoms with Gasteiger partial charge in [0, 0.05) is 12.2 Å². The van der Waals surface area contributed by atoms with Crippen LogP contribution in [-0.2, 0) is 10.1 Å². The van der Waals surface area contributed by atoms with E-state index < -0.39 is 16.8 Å². The number of nitrogens with one attached hydrogen (secondary N) is 1. The van der Waals surface area contributed by atoms with E-state index in [4.69, 9.17) is 4.55 Å². The minimum atomic E-state index is -4.14. The second-order valence-electron chi connectivity index (χ2n) is 2.62. The standard InChI is InChI=1S/C8H10FNO3S/c9-5-6-10-7-1-3-8(4-2-7)14(11,12)13/h1-4,10H,5-6H2,(H,11,12,13). The lowest BCUT2D eigenvalue weighted by molar-refractivity contribution is 0.483. The van der Waals surface area contributed by atoms with Gasteiger partial charge in [-0.2, -0.15) is 8.42 Å². The summed E-state index contributed by atoms with van der Waals surface area (Å²) in [7, 11) is -4.14. The van der Waals surface area contributed by atoms with Gasteiger partial charge in [-0.05, 0) is 24.3 Å². The van der Waals surface area contributed by atoms with E-state index in [1.54, 1.807) is 0 Å². The molecule has 78 valence electrons. The zero-order chi connectivity index (χ0) is 10.6. The molecular weight excluding hydrogens is 209 g/mol. The number of halogens is 1. The van der Waals surface area contributed by atoms with Crippen LogP contribution in [0.5, 0.6) is 0 Å². The molecule has 0 aliphatic carbocycles. The first-order chi connectivity index (χ1) is 6.54. The van der Waals surface area contributed by atoms with E-state index in [2.05, 4.69) is 5.32 Å². The Balaban J connectivity index is 2.79. The SMILES string of the molecule is O=S(=O)(O)c1ccc(NCCF)cc1. The van der Waals surface area contributed by atoms with Crippen molar-refractivity contribution < 1.29 is 17.4 Å². The molecule has 0 aliphatic rings. The third-order valence-corrected chi connectivity index (χ3v) is 2.44. The second kappa shape index (κ2) is 4.39. The van der Waals surface area contributed by atoms with Crippen LogP contribution >= 0.6 is 0 Å². The Kier molecular flexibility index (Phi) is 3.43. The highest BCUT2D eigenvalue weighted by atomic mass is 32.2. The van der Waals surface area contributed by atoms with E-state index in [-0.39, 0.29) is 11.4 Å². The molecule has 0 unspecified atom stereocenters. The highest BCUT2D eigenvalue weighted by Crippen LogP contribution is 2.13. The monoisotopic (exact) mass is 219 g/mol. The van der Waals surface area contributed by atoms with Gasteiger partial charge in [-0.25, -0.2) is 4.39 Å². The second-order valence-corrected chi connectivity index (χ2v) is 4.04. The zero-order valence-electron chi connectivity index (χ0n) is 7.27. The van der Waals surface area contributed by atoms with E-state index in [0.717, 1.165) is 0 Å². The lowest BCUT2D eigenvalue weighted by Gasteiger charge is -2.03. The fourth-order valence-electron chi connectivity index (χ4n) is 0.936. The number of anilines is 1. The summed E-state index contributed by atoms with van der Waals surface area (Å²) >= 11 is 0. The van der Waals surface area contributed by atoms with Crippen LogP contribution in [0, 0.1) is 0 Å². The van der Waals surface area contributed by atoms with E-state index in [0.29, 0.717) is 5.69 Å². The topological polar surface area (TPSA) is 66.4 Å². The zero-order valence-corrected chi connectivity index (χ0v) is 8.09. The van der Waals surface area contributed by atoms with Crippen molar-refractivity contribution in [3.05, 3.63) is 24.3 Å². The van der Waals surface area contributed by atoms with Crippen molar-refractivity contribution in [2.24, 2.45) is 0 Å². The Labute approximate surface area is 81.5 Å². The normalized spacial score (nSPS) is 11.3. The number of hydrogen-bond donors (Lipinski definition) is 2. The number of alkyl halides is 1. The molecule has 0 amide bonds. The summed E-state index contributed by atoms with van der Waals surface area (Å²) < 4.78 is 41.7. The van der Waals surface area contributed by atoms with E-state index in [1.807, 2.05) is 0 Å². The third-order valence-electron chi connectivity index (χ3n) is 1.58. The van der Waals surface area contributed by atoms with Crippen LogP contribution in [0.3, 0.4) is 0 Å². The maximum atomic E-state index is 11.7. The van der Waals surface area contributed by atoms with Crippen LogP contribution in [0.4, 0.5) is 10.1 Å². The van der Waals surface area contributed by atoms with Crippen LogP contribution in [-0.4, -0.2) is 26.2 Å². The molecule has 0 heterocycles. The number of rotatable bonds is 4. The minimum absolute atomic E-state index is 0.172. The summed E-state index contributed by atoms with van der Waals surface area (Å²) in [6.45, 7) is -0.328. The summed E-state index contributed by atoms with van der Waals surface area (Å²) in [5, 5.41) is 2.72. The van der Waals surface area contributed by atoms with Gasteiger partial charge in [0.2, 0.25) is 0 Å². The van der Waals surface area contributed by atoms with E-state index in [9.17, 15) is 12.8 Å². The Bertz CT molecular complexity index is 388. The molecule has 0 atom stereocenters. The van der Waals surface area contributed by atoms with Crippen LogP contribution in [0.15, 0.2) is 29.2 Å². The van der Waals surface area contributed by atoms with Crippen molar-refractivity contribution in [1.29, 1.82) is 0 Å². The largest absolute Gasteiger partial charge is 0.382 e. The van der Waals surface area contributed by atoms with Crippen molar-refractivity contribution in [2.75, 3.05) is 18.5 Å². The summed E-state index contributed by atoms with van der Waals surface area (Å²) in [6.07, 6.45) is 0. The molecule has 0 aliphatic heterocycles. The van der Waals surface area contributed by atoms with E-state index in [1.165, 1.54) is 24.3 Å². The van der Waals surface area contributed by atoms with Gasteiger partial charge in [0.25, 0.3) is 10.1 Å². The first-order valence-corrected chi connectivity index (χ1v) is 5.35. The van der Waals surface area contributed by atoms with Gasteiger partial charge in [0.05, 0.1) is 4.90 Å². The lowest BCUT2D eigenvalue weighted by Crippen LogP contribution is -2.03. The van der Waals surface area contributed by atoms with Gasteiger partial charge in [0.15, 0.2) is 0 Å². The molecule has 2 N–H and O–H groups in total. The molecule has 0 saturated carbocycles. The predicted molar refractivity (Wildman–Crippen MR) is 50.7 cm³/mol. The quantitative estimate of drug-likeness (QED) is 0.749. The highest BCUT2D eigenvalue weighted by molar-refractivity contribution is 7.85. The van der Waals surface area contributed by atoms with Crippen molar-refractivity contribution in [1.82, 2.24) is 0 Å². The van der Waals surface area contributed by atoms with Crippen molar-refractivity contribution in [3.8, 4) is 0 Å². The molecule has 0 spiro atoms. The first-order valence-electron chi connectivity index (χ1n) is 3.91. The van der Waals surface area contributed by atoms with Crippen LogP contribution < -0.4 is 5.32 Å². The number of hydrogen-bond acceptors (Lipinski definition) is 3. The fourth-order valence-corrected chi connectivity index (χ4v) is 1.42. The van der Waals surface area contributed by atoms with Crippen molar-refractivity contribution in [2.45, 2.75) is 4.90 Å². The lowest BCUT2D eigenvalue weighted by atomic mass is 10.3. The summed E-state index contributed by atoms with van der Waals surface area (Å²) in [6, 6.07) is 5.41. The van der Waals surface area contributed by atoms with Gasteiger partial charge in [-0.1, -0.05) is 0 Å². The molecule has 0 bridgehead atoms. The third kappa shape index (κ3) is 2.97. The average molecular weight is 219 g/mol. The molecule has 0 aromatic heterocycles.